The highest BCUT2D eigenvalue weighted by Crippen LogP contribution is 2.23. The molecule has 2 rings (SSSR count). The maximum Gasteiger partial charge on any atom is 0.120 e. The summed E-state index contributed by atoms with van der Waals surface area (Å²) in [5.74, 6) is 1.68. The zero-order valence-electron chi connectivity index (χ0n) is 10.6. The average molecular weight is 263 g/mol. The van der Waals surface area contributed by atoms with Gasteiger partial charge in [-0.25, -0.2) is 0 Å². The first-order chi connectivity index (χ1) is 8.72. The monoisotopic (exact) mass is 263 g/mol. The minimum Gasteiger partial charge on any atom is -0.497 e. The topological polar surface area (TPSA) is 44.5 Å². The van der Waals surface area contributed by atoms with Crippen LogP contribution in [0.1, 0.15) is 15.3 Å². The van der Waals surface area contributed by atoms with Crippen LogP contribution in [0.2, 0.25) is 0 Å². The Hall–Kier alpha value is -1.52. The summed E-state index contributed by atoms with van der Waals surface area (Å²) in [6, 6.07) is 9.71. The van der Waals surface area contributed by atoms with Crippen molar-refractivity contribution in [1.29, 1.82) is 0 Å². The third-order valence-electron chi connectivity index (χ3n) is 2.73. The SMILES string of the molecule is COc1ccc(OCc2cc(CN)sc2C)cc1. The van der Waals surface area contributed by atoms with Crippen molar-refractivity contribution in [3.63, 3.8) is 0 Å². The van der Waals surface area contributed by atoms with Crippen LogP contribution in [0, 0.1) is 6.92 Å². The minimum absolute atomic E-state index is 0.578. The molecule has 2 aromatic rings. The van der Waals surface area contributed by atoms with E-state index in [2.05, 4.69) is 13.0 Å². The summed E-state index contributed by atoms with van der Waals surface area (Å²) >= 11 is 1.73. The van der Waals surface area contributed by atoms with Crippen LogP contribution in [0.15, 0.2) is 30.3 Å². The van der Waals surface area contributed by atoms with Gasteiger partial charge in [-0.1, -0.05) is 0 Å². The van der Waals surface area contributed by atoms with Crippen LogP contribution in [0.3, 0.4) is 0 Å². The highest BCUT2D eigenvalue weighted by molar-refractivity contribution is 7.12. The molecule has 1 heterocycles. The molecule has 0 aliphatic heterocycles. The molecule has 0 amide bonds. The predicted octanol–water partition coefficient (Wildman–Crippen LogP) is 3.10. The molecule has 0 atom stereocenters. The summed E-state index contributed by atoms with van der Waals surface area (Å²) in [4.78, 5) is 2.46. The van der Waals surface area contributed by atoms with Gasteiger partial charge in [0.05, 0.1) is 7.11 Å². The summed E-state index contributed by atoms with van der Waals surface area (Å²) in [6.07, 6.45) is 0. The molecule has 2 N–H and O–H groups in total. The number of hydrogen-bond acceptors (Lipinski definition) is 4. The van der Waals surface area contributed by atoms with Gasteiger partial charge in [-0.3, -0.25) is 0 Å². The van der Waals surface area contributed by atoms with Crippen molar-refractivity contribution in [3.8, 4) is 11.5 Å². The van der Waals surface area contributed by atoms with Crippen LogP contribution in [0.25, 0.3) is 0 Å². The molecule has 0 spiro atoms. The maximum absolute atomic E-state index is 5.74. The van der Waals surface area contributed by atoms with E-state index < -0.39 is 0 Å². The highest BCUT2D eigenvalue weighted by Gasteiger charge is 2.05. The van der Waals surface area contributed by atoms with E-state index in [0.717, 1.165) is 11.5 Å². The average Bonchev–Trinajstić information content (AvgIpc) is 2.77. The molecule has 1 aromatic carbocycles. The predicted molar refractivity (Wildman–Crippen MR) is 74.3 cm³/mol. The second-order valence-electron chi connectivity index (χ2n) is 3.96. The number of ether oxygens (including phenoxy) is 2. The van der Waals surface area contributed by atoms with Gasteiger partial charge in [0.25, 0.3) is 0 Å². The Labute approximate surface area is 111 Å². The van der Waals surface area contributed by atoms with Gasteiger partial charge in [0.15, 0.2) is 0 Å². The molecule has 96 valence electrons. The number of aryl methyl sites for hydroxylation is 1. The zero-order valence-corrected chi connectivity index (χ0v) is 11.4. The number of methoxy groups -OCH3 is 1. The lowest BCUT2D eigenvalue weighted by molar-refractivity contribution is 0.305. The molecule has 0 radical (unpaired) electrons. The largest absolute Gasteiger partial charge is 0.497 e. The van der Waals surface area contributed by atoms with E-state index >= 15 is 0 Å². The van der Waals surface area contributed by atoms with Crippen LogP contribution < -0.4 is 15.2 Å². The van der Waals surface area contributed by atoms with Gasteiger partial charge >= 0.3 is 0 Å². The molecule has 4 heteroatoms. The molecule has 0 unspecified atom stereocenters. The van der Waals surface area contributed by atoms with Gasteiger partial charge in [-0.2, -0.15) is 0 Å². The lowest BCUT2D eigenvalue weighted by atomic mass is 10.2. The van der Waals surface area contributed by atoms with Crippen LogP contribution in [-0.4, -0.2) is 7.11 Å². The summed E-state index contributed by atoms with van der Waals surface area (Å²) in [5.41, 5.74) is 6.83. The molecule has 0 saturated heterocycles. The number of hydrogen-bond donors (Lipinski definition) is 1. The van der Waals surface area contributed by atoms with E-state index in [1.54, 1.807) is 18.4 Å². The zero-order chi connectivity index (χ0) is 13.0. The van der Waals surface area contributed by atoms with Gasteiger partial charge < -0.3 is 15.2 Å². The molecule has 0 fully saturated rings. The lowest BCUT2D eigenvalue weighted by Gasteiger charge is -2.06. The second kappa shape index (κ2) is 5.89. The Balaban J connectivity index is 1.99. The molecule has 0 aliphatic carbocycles. The van der Waals surface area contributed by atoms with E-state index in [1.807, 2.05) is 24.3 Å². The van der Waals surface area contributed by atoms with Gasteiger partial charge in [-0.15, -0.1) is 11.3 Å². The normalized spacial score (nSPS) is 10.4. The van der Waals surface area contributed by atoms with E-state index in [-0.39, 0.29) is 0 Å². The van der Waals surface area contributed by atoms with E-state index in [1.165, 1.54) is 15.3 Å². The summed E-state index contributed by atoms with van der Waals surface area (Å²) in [5, 5.41) is 0. The van der Waals surface area contributed by atoms with Crippen LogP contribution in [0.4, 0.5) is 0 Å². The van der Waals surface area contributed by atoms with Gasteiger partial charge in [0.2, 0.25) is 0 Å². The third-order valence-corrected chi connectivity index (χ3v) is 3.84. The smallest absolute Gasteiger partial charge is 0.120 e. The van der Waals surface area contributed by atoms with Gasteiger partial charge in [-0.05, 0) is 37.3 Å². The highest BCUT2D eigenvalue weighted by atomic mass is 32.1. The van der Waals surface area contributed by atoms with Crippen LogP contribution >= 0.6 is 11.3 Å². The first-order valence-electron chi connectivity index (χ1n) is 5.78. The van der Waals surface area contributed by atoms with Crippen molar-refractivity contribution in [2.45, 2.75) is 20.1 Å². The summed E-state index contributed by atoms with van der Waals surface area (Å²) < 4.78 is 10.8. The van der Waals surface area contributed by atoms with E-state index in [4.69, 9.17) is 15.2 Å². The first-order valence-corrected chi connectivity index (χ1v) is 6.59. The quantitative estimate of drug-likeness (QED) is 0.901. The molecule has 0 saturated carbocycles. The Kier molecular flexibility index (Phi) is 4.23. The van der Waals surface area contributed by atoms with Crippen molar-refractivity contribution < 1.29 is 9.47 Å². The maximum atomic E-state index is 5.74. The number of nitrogens with two attached hydrogens (primary N) is 1. The van der Waals surface area contributed by atoms with Gasteiger partial charge in [0.1, 0.15) is 18.1 Å². The van der Waals surface area contributed by atoms with Crippen molar-refractivity contribution >= 4 is 11.3 Å². The minimum atomic E-state index is 0.578. The second-order valence-corrected chi connectivity index (χ2v) is 5.30. The molecule has 0 aliphatic rings. The molecule has 1 aromatic heterocycles. The van der Waals surface area contributed by atoms with Crippen molar-refractivity contribution in [2.24, 2.45) is 5.73 Å². The van der Waals surface area contributed by atoms with Crippen molar-refractivity contribution in [3.05, 3.63) is 45.6 Å². The Morgan fingerprint density at radius 2 is 1.83 bits per heavy atom. The summed E-state index contributed by atoms with van der Waals surface area (Å²) in [7, 11) is 1.65. The van der Waals surface area contributed by atoms with E-state index in [0.29, 0.717) is 13.2 Å². The van der Waals surface area contributed by atoms with Gasteiger partial charge in [0, 0.05) is 21.9 Å². The van der Waals surface area contributed by atoms with Crippen molar-refractivity contribution in [1.82, 2.24) is 0 Å². The first kappa shape index (κ1) is 12.9. The third kappa shape index (κ3) is 3.03. The fourth-order valence-electron chi connectivity index (χ4n) is 1.66. The Morgan fingerprint density at radius 3 is 2.39 bits per heavy atom. The molecule has 0 bridgehead atoms. The molecule has 3 nitrogen and oxygen atoms in total. The lowest BCUT2D eigenvalue weighted by Crippen LogP contribution is -1.96. The fourth-order valence-corrected chi connectivity index (χ4v) is 2.59. The molecule has 18 heavy (non-hydrogen) atoms. The molecular formula is C14H17NO2S. The standard InChI is InChI=1S/C14H17NO2S/c1-10-11(7-14(8-15)18-10)9-17-13-5-3-12(16-2)4-6-13/h3-7H,8-9,15H2,1-2H3. The fraction of sp³-hybridized carbons (Fsp3) is 0.286. The number of rotatable bonds is 5. The van der Waals surface area contributed by atoms with Crippen molar-refractivity contribution in [2.75, 3.05) is 7.11 Å². The number of benzene rings is 1. The summed E-state index contributed by atoms with van der Waals surface area (Å²) in [6.45, 7) is 3.26. The Morgan fingerprint density at radius 1 is 1.17 bits per heavy atom. The molecular weight excluding hydrogens is 246 g/mol. The van der Waals surface area contributed by atoms with E-state index in [9.17, 15) is 0 Å². The van der Waals surface area contributed by atoms with Crippen LogP contribution in [0.5, 0.6) is 11.5 Å². The number of thiophene rings is 1. The Bertz CT molecular complexity index is 505. The van der Waals surface area contributed by atoms with Crippen LogP contribution in [-0.2, 0) is 13.2 Å².